The van der Waals surface area contributed by atoms with Gasteiger partial charge in [-0.3, -0.25) is 0 Å². The Hall–Kier alpha value is 0.680. The Morgan fingerprint density at radius 3 is 1.50 bits per heavy atom. The number of halogens is 6. The van der Waals surface area contributed by atoms with Crippen LogP contribution in [0.25, 0.3) is 0 Å². The van der Waals surface area contributed by atoms with Crippen molar-refractivity contribution >= 4 is 31.9 Å². The van der Waals surface area contributed by atoms with Crippen LogP contribution in [0.15, 0.2) is 0 Å². The Kier molecular flexibility index (Phi) is 3.17. The molecular formula is C4H4Br2F4. The van der Waals surface area contributed by atoms with Gasteiger partial charge in [0, 0.05) is 0 Å². The largest absolute Gasteiger partial charge is 0.433 e. The van der Waals surface area contributed by atoms with Crippen molar-refractivity contribution in [3.63, 3.8) is 0 Å². The standard InChI is InChI=1S/C4H4Br2F4/c1-2(5)3(6,7)4(8,9)10/h2H,1H3. The van der Waals surface area contributed by atoms with Crippen LogP contribution in [-0.2, 0) is 0 Å². The number of hydrogen-bond acceptors (Lipinski definition) is 0. The van der Waals surface area contributed by atoms with Gasteiger partial charge in [-0.2, -0.15) is 13.2 Å². The SMILES string of the molecule is CC(Br)C(F)(Br)C(F)(F)F. The summed E-state index contributed by atoms with van der Waals surface area (Å²) in [6.07, 6.45) is -4.88. The van der Waals surface area contributed by atoms with Gasteiger partial charge in [0.2, 0.25) is 0 Å². The normalized spacial score (nSPS) is 21.9. The predicted octanol–water partition coefficient (Wildman–Crippen LogP) is 3.39. The topological polar surface area (TPSA) is 0 Å². The minimum Gasteiger partial charge on any atom is -0.220 e. The molecule has 0 heterocycles. The third-order valence-electron chi connectivity index (χ3n) is 0.878. The lowest BCUT2D eigenvalue weighted by molar-refractivity contribution is -0.190. The van der Waals surface area contributed by atoms with Crippen molar-refractivity contribution in [3.8, 4) is 0 Å². The molecule has 0 amide bonds. The smallest absolute Gasteiger partial charge is 0.220 e. The Morgan fingerprint density at radius 1 is 1.20 bits per heavy atom. The third-order valence-corrected chi connectivity index (χ3v) is 3.26. The van der Waals surface area contributed by atoms with Gasteiger partial charge in [-0.1, -0.05) is 15.9 Å². The van der Waals surface area contributed by atoms with E-state index in [1.165, 1.54) is 0 Å². The van der Waals surface area contributed by atoms with Crippen LogP contribution >= 0.6 is 31.9 Å². The molecule has 0 fully saturated rings. The van der Waals surface area contributed by atoms with Crippen LogP contribution in [-0.4, -0.2) is 15.6 Å². The minimum absolute atomic E-state index is 1.07. The first kappa shape index (κ1) is 10.7. The highest BCUT2D eigenvalue weighted by molar-refractivity contribution is 9.12. The lowest BCUT2D eigenvalue weighted by Gasteiger charge is -2.23. The maximum atomic E-state index is 12.5. The van der Waals surface area contributed by atoms with Crippen LogP contribution in [0.5, 0.6) is 0 Å². The zero-order valence-corrected chi connectivity index (χ0v) is 8.02. The van der Waals surface area contributed by atoms with Gasteiger partial charge in [-0.15, -0.1) is 0 Å². The molecule has 0 aliphatic heterocycles. The molecule has 0 rings (SSSR count). The molecule has 0 radical (unpaired) electrons. The van der Waals surface area contributed by atoms with Crippen LogP contribution < -0.4 is 0 Å². The predicted molar refractivity (Wildman–Crippen MR) is 37.2 cm³/mol. The third kappa shape index (κ3) is 2.08. The van der Waals surface area contributed by atoms with E-state index in [0.29, 0.717) is 0 Å². The average Bonchev–Trinajstić information content (AvgIpc) is 1.62. The highest BCUT2D eigenvalue weighted by Gasteiger charge is 2.57. The van der Waals surface area contributed by atoms with E-state index < -0.39 is 15.6 Å². The first-order chi connectivity index (χ1) is 4.19. The van der Waals surface area contributed by atoms with Gasteiger partial charge in [0.05, 0.1) is 4.83 Å². The van der Waals surface area contributed by atoms with E-state index in [1.54, 1.807) is 0 Å². The lowest BCUT2D eigenvalue weighted by Crippen LogP contribution is -2.41. The first-order valence-electron chi connectivity index (χ1n) is 2.28. The summed E-state index contributed by atoms with van der Waals surface area (Å²) in [5.41, 5.74) is 0. The molecule has 0 saturated heterocycles. The molecular weight excluding hydrogens is 284 g/mol. The molecule has 2 atom stereocenters. The summed E-state index contributed by atoms with van der Waals surface area (Å²) >= 11 is 4.42. The van der Waals surface area contributed by atoms with Crippen molar-refractivity contribution < 1.29 is 17.6 Å². The van der Waals surface area contributed by atoms with E-state index in [-0.39, 0.29) is 0 Å². The molecule has 0 aromatic heterocycles. The summed E-state index contributed by atoms with van der Waals surface area (Å²) in [4.78, 5) is -1.31. The fourth-order valence-electron chi connectivity index (χ4n) is 0.226. The van der Waals surface area contributed by atoms with E-state index in [1.807, 2.05) is 15.9 Å². The summed E-state index contributed by atoms with van der Waals surface area (Å²) in [5.74, 6) is 0. The molecule has 0 N–H and O–H groups in total. The fourth-order valence-corrected chi connectivity index (χ4v) is 0.485. The Labute approximate surface area is 72.2 Å². The van der Waals surface area contributed by atoms with Gasteiger partial charge in [-0.25, -0.2) is 4.39 Å². The highest BCUT2D eigenvalue weighted by Crippen LogP contribution is 2.44. The van der Waals surface area contributed by atoms with Crippen molar-refractivity contribution in [3.05, 3.63) is 0 Å². The Balaban J connectivity index is 4.40. The quantitative estimate of drug-likeness (QED) is 0.512. The Morgan fingerprint density at radius 2 is 1.50 bits per heavy atom. The van der Waals surface area contributed by atoms with Crippen LogP contribution in [0.1, 0.15) is 6.92 Å². The van der Waals surface area contributed by atoms with E-state index in [2.05, 4.69) is 15.9 Å². The van der Waals surface area contributed by atoms with E-state index >= 15 is 0 Å². The minimum atomic E-state index is -4.88. The van der Waals surface area contributed by atoms with Crippen molar-refractivity contribution in [1.29, 1.82) is 0 Å². The summed E-state index contributed by atoms with van der Waals surface area (Å²) in [6.45, 7) is 1.07. The molecule has 0 bridgehead atoms. The zero-order chi connectivity index (χ0) is 8.58. The molecule has 0 aliphatic rings. The molecule has 0 spiro atoms. The molecule has 0 aromatic rings. The molecule has 6 heteroatoms. The van der Waals surface area contributed by atoms with Crippen molar-refractivity contribution in [1.82, 2.24) is 0 Å². The van der Waals surface area contributed by atoms with E-state index in [4.69, 9.17) is 0 Å². The van der Waals surface area contributed by atoms with Crippen LogP contribution in [0.2, 0.25) is 0 Å². The van der Waals surface area contributed by atoms with Gasteiger partial charge in [0.1, 0.15) is 0 Å². The fraction of sp³-hybridized carbons (Fsp3) is 1.00. The average molecular weight is 288 g/mol. The molecule has 0 aromatic carbocycles. The number of rotatable bonds is 1. The molecule has 0 aliphatic carbocycles. The van der Waals surface area contributed by atoms with Crippen LogP contribution in [0.3, 0.4) is 0 Å². The Bertz CT molecular complexity index is 117. The van der Waals surface area contributed by atoms with Gasteiger partial charge in [-0.05, 0) is 22.9 Å². The zero-order valence-electron chi connectivity index (χ0n) is 4.85. The molecule has 2 unspecified atom stereocenters. The van der Waals surface area contributed by atoms with E-state index in [9.17, 15) is 17.6 Å². The highest BCUT2D eigenvalue weighted by atomic mass is 79.9. The van der Waals surface area contributed by atoms with Gasteiger partial charge >= 0.3 is 6.18 Å². The second-order valence-electron chi connectivity index (χ2n) is 1.74. The maximum absolute atomic E-state index is 12.5. The van der Waals surface area contributed by atoms with E-state index in [0.717, 1.165) is 6.92 Å². The second kappa shape index (κ2) is 2.97. The van der Waals surface area contributed by atoms with Crippen molar-refractivity contribution in [2.45, 2.75) is 22.5 Å². The van der Waals surface area contributed by atoms with Crippen molar-refractivity contribution in [2.24, 2.45) is 0 Å². The first-order valence-corrected chi connectivity index (χ1v) is 3.99. The number of alkyl halides is 6. The monoisotopic (exact) mass is 286 g/mol. The lowest BCUT2D eigenvalue weighted by atomic mass is 10.3. The van der Waals surface area contributed by atoms with Gasteiger partial charge in [0.15, 0.2) is 0 Å². The molecule has 0 saturated carbocycles. The second-order valence-corrected chi connectivity index (χ2v) is 4.26. The summed E-state index contributed by atoms with van der Waals surface area (Å²) < 4.78 is 44.0. The summed E-state index contributed by atoms with van der Waals surface area (Å²) in [6, 6.07) is 0. The van der Waals surface area contributed by atoms with Crippen LogP contribution in [0, 0.1) is 0 Å². The number of hydrogen-bond donors (Lipinski definition) is 0. The summed E-state index contributed by atoms with van der Waals surface area (Å²) in [5, 5.41) is 0. The molecule has 10 heavy (non-hydrogen) atoms. The maximum Gasteiger partial charge on any atom is 0.433 e. The van der Waals surface area contributed by atoms with Crippen molar-refractivity contribution in [2.75, 3.05) is 0 Å². The molecule has 62 valence electrons. The summed E-state index contributed by atoms with van der Waals surface area (Å²) in [7, 11) is 0. The van der Waals surface area contributed by atoms with Gasteiger partial charge < -0.3 is 0 Å². The molecule has 0 nitrogen and oxygen atoms in total. The van der Waals surface area contributed by atoms with Gasteiger partial charge in [0.25, 0.3) is 4.58 Å². The van der Waals surface area contributed by atoms with Crippen LogP contribution in [0.4, 0.5) is 17.6 Å².